The van der Waals surface area contributed by atoms with Crippen molar-refractivity contribution in [2.75, 3.05) is 19.7 Å². The van der Waals surface area contributed by atoms with Crippen molar-refractivity contribution in [1.82, 2.24) is 21.4 Å². The Morgan fingerprint density at radius 1 is 1.06 bits per heavy atom. The molecule has 0 aliphatic heterocycles. The molecule has 0 spiro atoms. The molecule has 11 heteroatoms. The Morgan fingerprint density at radius 3 is 2.44 bits per heavy atom. The fourth-order valence-electron chi connectivity index (χ4n) is 3.08. The quantitative estimate of drug-likeness (QED) is 0.226. The van der Waals surface area contributed by atoms with Crippen LogP contribution in [0.15, 0.2) is 41.5 Å². The molecule has 2 aromatic rings. The Labute approximate surface area is 214 Å². The maximum absolute atomic E-state index is 12.5. The summed E-state index contributed by atoms with van der Waals surface area (Å²) in [6, 6.07) is 9.75. The number of carbonyl (C=O) groups excluding carboxylic acids is 4. The van der Waals surface area contributed by atoms with Crippen molar-refractivity contribution in [3.05, 3.63) is 51.7 Å². The summed E-state index contributed by atoms with van der Waals surface area (Å²) in [6.07, 6.45) is 2.83. The molecule has 0 aliphatic carbocycles. The van der Waals surface area contributed by atoms with E-state index < -0.39 is 12.1 Å². The lowest BCUT2D eigenvalue weighted by Crippen LogP contribution is -2.39. The zero-order valence-corrected chi connectivity index (χ0v) is 21.6. The number of ether oxygens (including phenoxy) is 1. The maximum Gasteiger partial charge on any atom is 0.335 e. The summed E-state index contributed by atoms with van der Waals surface area (Å²) in [5, 5.41) is 12.0. The van der Waals surface area contributed by atoms with Gasteiger partial charge in [-0.25, -0.2) is 10.2 Å². The van der Waals surface area contributed by atoms with E-state index in [4.69, 9.17) is 4.74 Å². The molecule has 4 amide bonds. The normalized spacial score (nSPS) is 11.5. The number of nitrogens with zero attached hydrogens (tertiary/aromatic N) is 1. The van der Waals surface area contributed by atoms with Gasteiger partial charge in [0.1, 0.15) is 11.5 Å². The van der Waals surface area contributed by atoms with Crippen LogP contribution < -0.4 is 26.1 Å². The van der Waals surface area contributed by atoms with E-state index >= 15 is 0 Å². The number of rotatable bonds is 14. The summed E-state index contributed by atoms with van der Waals surface area (Å²) in [4.78, 5) is 49.1. The third-order valence-corrected chi connectivity index (χ3v) is 6.07. The molecule has 4 N–H and O–H groups in total. The Hall–Kier alpha value is -3.73. The molecule has 10 nitrogen and oxygen atoms in total. The summed E-state index contributed by atoms with van der Waals surface area (Å²) in [7, 11) is 0. The molecule has 1 atom stereocenters. The van der Waals surface area contributed by atoms with E-state index in [1.54, 1.807) is 18.2 Å². The molecule has 0 saturated carbocycles. The van der Waals surface area contributed by atoms with Gasteiger partial charge in [-0.3, -0.25) is 14.4 Å². The zero-order chi connectivity index (χ0) is 26.3. The number of urea groups is 1. The molecule has 0 unspecified atom stereocenters. The van der Waals surface area contributed by atoms with Crippen LogP contribution in [-0.4, -0.2) is 55.6 Å². The van der Waals surface area contributed by atoms with E-state index in [0.717, 1.165) is 16.9 Å². The van der Waals surface area contributed by atoms with Gasteiger partial charge in [-0.05, 0) is 56.5 Å². The second-order valence-corrected chi connectivity index (χ2v) is 9.06. The monoisotopic (exact) mass is 515 g/mol. The summed E-state index contributed by atoms with van der Waals surface area (Å²) in [5.74, 6) is 0.00409. The van der Waals surface area contributed by atoms with Crippen molar-refractivity contribution in [2.24, 2.45) is 5.10 Å². The Balaban J connectivity index is 1.75. The number of hydrogen-bond acceptors (Lipinski definition) is 7. The van der Waals surface area contributed by atoms with Crippen LogP contribution >= 0.6 is 11.3 Å². The number of ketones is 1. The van der Waals surface area contributed by atoms with E-state index in [1.807, 2.05) is 32.0 Å². The Kier molecular flexibility index (Phi) is 12.1. The molecule has 36 heavy (non-hydrogen) atoms. The van der Waals surface area contributed by atoms with E-state index in [2.05, 4.69) is 26.5 Å². The fraction of sp³-hybridized carbons (Fsp3) is 0.400. The van der Waals surface area contributed by atoms with Gasteiger partial charge in [-0.1, -0.05) is 19.1 Å². The van der Waals surface area contributed by atoms with E-state index in [0.29, 0.717) is 30.1 Å². The molecule has 2 rings (SSSR count). The topological polar surface area (TPSA) is 138 Å². The lowest BCUT2D eigenvalue weighted by molar-refractivity contribution is -0.123. The Bertz CT molecular complexity index is 1050. The third kappa shape index (κ3) is 10.7. The predicted octanol–water partition coefficient (Wildman–Crippen LogP) is 2.43. The van der Waals surface area contributed by atoms with Gasteiger partial charge in [0.2, 0.25) is 0 Å². The second-order valence-electron chi connectivity index (χ2n) is 7.89. The van der Waals surface area contributed by atoms with E-state index in [1.165, 1.54) is 24.5 Å². The van der Waals surface area contributed by atoms with Crippen LogP contribution in [0.2, 0.25) is 0 Å². The van der Waals surface area contributed by atoms with Crippen molar-refractivity contribution < 1.29 is 23.9 Å². The van der Waals surface area contributed by atoms with Crippen LogP contribution in [0, 0.1) is 0 Å². The van der Waals surface area contributed by atoms with Crippen molar-refractivity contribution in [2.45, 2.75) is 46.1 Å². The SMILES string of the molecule is CCNC(=O)COc1ccc(CCNC(=O)N/N=C/[C@H](CC(C)=O)NC(=O)c2ccc(CC)s2)cc1. The van der Waals surface area contributed by atoms with Gasteiger partial charge in [0, 0.05) is 30.6 Å². The molecule has 0 bridgehead atoms. The number of amides is 4. The summed E-state index contributed by atoms with van der Waals surface area (Å²) in [6.45, 7) is 6.16. The highest BCUT2D eigenvalue weighted by Gasteiger charge is 2.15. The molecule has 0 fully saturated rings. The Morgan fingerprint density at radius 2 is 1.81 bits per heavy atom. The maximum atomic E-state index is 12.5. The van der Waals surface area contributed by atoms with Crippen LogP contribution in [0.1, 0.15) is 47.3 Å². The molecule has 1 aromatic heterocycles. The van der Waals surface area contributed by atoms with Crippen LogP contribution in [0.5, 0.6) is 5.75 Å². The highest BCUT2D eigenvalue weighted by Crippen LogP contribution is 2.17. The van der Waals surface area contributed by atoms with Gasteiger partial charge in [-0.2, -0.15) is 5.10 Å². The summed E-state index contributed by atoms with van der Waals surface area (Å²) in [5.41, 5.74) is 3.33. The molecule has 0 aliphatic rings. The lowest BCUT2D eigenvalue weighted by atomic mass is 10.1. The minimum absolute atomic E-state index is 0.0415. The van der Waals surface area contributed by atoms with Gasteiger partial charge in [0.15, 0.2) is 6.61 Å². The standard InChI is InChI=1S/C25H33N5O5S/c1-4-21-10-11-22(36-21)24(33)29-19(14-17(3)31)15-28-30-25(34)27-13-12-18-6-8-20(9-7-18)35-16-23(32)26-5-2/h6-11,15,19H,4-5,12-14,16H2,1-3H3,(H,26,32)(H,29,33)(H2,27,30,34)/b28-15+/t19-/m0/s1. The van der Waals surface area contributed by atoms with Gasteiger partial charge in [-0.15, -0.1) is 11.3 Å². The van der Waals surface area contributed by atoms with Crippen molar-refractivity contribution in [3.8, 4) is 5.75 Å². The first-order valence-corrected chi connectivity index (χ1v) is 12.6. The average molecular weight is 516 g/mol. The minimum Gasteiger partial charge on any atom is -0.484 e. The molecule has 0 saturated heterocycles. The van der Waals surface area contributed by atoms with Gasteiger partial charge in [0.25, 0.3) is 11.8 Å². The van der Waals surface area contributed by atoms with Crippen LogP contribution in [0.25, 0.3) is 0 Å². The second kappa shape index (κ2) is 15.3. The number of Topliss-reactive ketones (excluding diaryl/α,β-unsaturated/α-hetero) is 1. The van der Waals surface area contributed by atoms with Gasteiger partial charge in [0.05, 0.1) is 10.9 Å². The van der Waals surface area contributed by atoms with E-state index in [9.17, 15) is 19.2 Å². The number of nitrogens with one attached hydrogen (secondary N) is 4. The zero-order valence-electron chi connectivity index (χ0n) is 20.8. The van der Waals surface area contributed by atoms with E-state index in [-0.39, 0.29) is 30.6 Å². The predicted molar refractivity (Wildman–Crippen MR) is 140 cm³/mol. The number of benzene rings is 1. The smallest absolute Gasteiger partial charge is 0.335 e. The van der Waals surface area contributed by atoms with Crippen molar-refractivity contribution in [1.29, 1.82) is 0 Å². The lowest BCUT2D eigenvalue weighted by Gasteiger charge is -2.12. The third-order valence-electron chi connectivity index (χ3n) is 4.84. The number of hydrazone groups is 1. The number of hydrogen-bond donors (Lipinski definition) is 4. The fourth-order valence-corrected chi connectivity index (χ4v) is 3.93. The molecule has 1 aromatic carbocycles. The van der Waals surface area contributed by atoms with Crippen LogP contribution in [0.4, 0.5) is 4.79 Å². The number of aryl methyl sites for hydroxylation is 1. The highest BCUT2D eigenvalue weighted by atomic mass is 32.1. The van der Waals surface area contributed by atoms with Gasteiger partial charge < -0.3 is 20.7 Å². The molecule has 0 radical (unpaired) electrons. The van der Waals surface area contributed by atoms with Crippen LogP contribution in [0.3, 0.4) is 0 Å². The highest BCUT2D eigenvalue weighted by molar-refractivity contribution is 7.14. The summed E-state index contributed by atoms with van der Waals surface area (Å²) < 4.78 is 5.41. The largest absolute Gasteiger partial charge is 0.484 e. The first-order chi connectivity index (χ1) is 17.3. The minimum atomic E-state index is -0.642. The number of likely N-dealkylation sites (N-methyl/N-ethyl adjacent to an activating group) is 1. The van der Waals surface area contributed by atoms with Gasteiger partial charge >= 0.3 is 6.03 Å². The van der Waals surface area contributed by atoms with Crippen molar-refractivity contribution in [3.63, 3.8) is 0 Å². The number of thiophene rings is 1. The summed E-state index contributed by atoms with van der Waals surface area (Å²) >= 11 is 1.40. The molecule has 194 valence electrons. The van der Waals surface area contributed by atoms with Crippen LogP contribution in [-0.2, 0) is 22.4 Å². The molecule has 1 heterocycles. The molecular formula is C25H33N5O5S. The van der Waals surface area contributed by atoms with Crippen molar-refractivity contribution >= 4 is 41.2 Å². The molecular weight excluding hydrogens is 482 g/mol. The first kappa shape index (κ1) is 28.5. The average Bonchev–Trinajstić information content (AvgIpc) is 3.33. The first-order valence-electron chi connectivity index (χ1n) is 11.7. The number of carbonyl (C=O) groups is 4.